The number of aromatic nitrogens is 2. The number of aryl methyl sites for hydroxylation is 2. The number of sulfonamides is 1. The number of benzene rings is 1. The van der Waals surface area contributed by atoms with Crippen LogP contribution in [0.2, 0.25) is 0 Å². The van der Waals surface area contributed by atoms with E-state index in [1.54, 1.807) is 31.7 Å². The fourth-order valence-corrected chi connectivity index (χ4v) is 5.41. The topological polar surface area (TPSA) is 130 Å². The molecule has 1 fully saturated rings. The highest BCUT2D eigenvalue weighted by atomic mass is 32.2. The van der Waals surface area contributed by atoms with Gasteiger partial charge in [0.05, 0.1) is 16.3 Å². The molecule has 1 amide bonds. The quantitative estimate of drug-likeness (QED) is 0.592. The number of amides is 1. The maximum Gasteiger partial charge on any atom is 0.273 e. The van der Waals surface area contributed by atoms with Crippen molar-refractivity contribution in [3.63, 3.8) is 0 Å². The van der Waals surface area contributed by atoms with E-state index in [4.69, 9.17) is 0 Å². The van der Waals surface area contributed by atoms with Crippen molar-refractivity contribution in [2.24, 2.45) is 0 Å². The normalized spacial score (nSPS) is 15.9. The number of nitro benzene ring substituents is 1. The molecule has 0 spiro atoms. The minimum absolute atomic E-state index is 0.110. The lowest BCUT2D eigenvalue weighted by Crippen LogP contribution is -2.37. The number of carbonyl (C=O) groups is 1. The minimum atomic E-state index is -3.73. The molecule has 156 valence electrons. The molecule has 0 unspecified atom stereocenters. The first kappa shape index (κ1) is 20.9. The third kappa shape index (κ3) is 3.87. The molecule has 1 N–H and O–H groups in total. The zero-order chi connectivity index (χ0) is 21.3. The van der Waals surface area contributed by atoms with E-state index in [-0.39, 0.29) is 41.7 Å². The van der Waals surface area contributed by atoms with Gasteiger partial charge in [0.1, 0.15) is 4.90 Å². The molecule has 1 aliphatic rings. The summed E-state index contributed by atoms with van der Waals surface area (Å²) in [4.78, 5) is 25.3. The van der Waals surface area contributed by atoms with Gasteiger partial charge in [0, 0.05) is 43.4 Å². The van der Waals surface area contributed by atoms with Gasteiger partial charge in [0.2, 0.25) is 10.0 Å². The fraction of sp³-hybridized carbons (Fsp3) is 0.444. The predicted molar refractivity (Wildman–Crippen MR) is 105 cm³/mol. The second-order valence-corrected chi connectivity index (χ2v) is 8.89. The maximum atomic E-state index is 13.1. The van der Waals surface area contributed by atoms with E-state index < -0.39 is 14.9 Å². The Bertz CT molecular complexity index is 1040. The van der Waals surface area contributed by atoms with Crippen LogP contribution in [0.3, 0.4) is 0 Å². The molecular formula is C18H23N5O5S. The highest BCUT2D eigenvalue weighted by Crippen LogP contribution is 2.25. The molecule has 1 aliphatic heterocycles. The standard InChI is InChI=1S/C18H23N5O5S/c1-12-15(6-4-7-16(12)23(25)26)18(24)21-8-5-9-22(11-10-21)29(27,28)17-13(2)19-20-14(17)3/h4,6-7H,5,8-11H2,1-3H3,(H,19,20). The molecule has 10 nitrogen and oxygen atoms in total. The van der Waals surface area contributed by atoms with Crippen molar-refractivity contribution in [2.75, 3.05) is 26.2 Å². The summed E-state index contributed by atoms with van der Waals surface area (Å²) < 4.78 is 27.5. The van der Waals surface area contributed by atoms with E-state index in [9.17, 15) is 23.3 Å². The summed E-state index contributed by atoms with van der Waals surface area (Å²) in [6.45, 7) is 5.84. The van der Waals surface area contributed by atoms with Crippen LogP contribution in [-0.2, 0) is 10.0 Å². The van der Waals surface area contributed by atoms with Crippen LogP contribution >= 0.6 is 0 Å². The number of aromatic amines is 1. The summed E-state index contributed by atoms with van der Waals surface area (Å²) in [7, 11) is -3.73. The number of hydrogen-bond acceptors (Lipinski definition) is 6. The maximum absolute atomic E-state index is 13.1. The number of hydrogen-bond donors (Lipinski definition) is 1. The van der Waals surface area contributed by atoms with Crippen molar-refractivity contribution in [2.45, 2.75) is 32.1 Å². The Balaban J connectivity index is 1.81. The average Bonchev–Trinajstić information content (AvgIpc) is 2.86. The number of rotatable bonds is 4. The molecular weight excluding hydrogens is 398 g/mol. The van der Waals surface area contributed by atoms with Crippen LogP contribution in [0.5, 0.6) is 0 Å². The van der Waals surface area contributed by atoms with Gasteiger partial charge in [0.25, 0.3) is 11.6 Å². The van der Waals surface area contributed by atoms with E-state index in [1.165, 1.54) is 16.4 Å². The lowest BCUT2D eigenvalue weighted by molar-refractivity contribution is -0.385. The van der Waals surface area contributed by atoms with Crippen LogP contribution in [0.4, 0.5) is 5.69 Å². The van der Waals surface area contributed by atoms with E-state index in [0.29, 0.717) is 29.9 Å². The van der Waals surface area contributed by atoms with Gasteiger partial charge in [-0.1, -0.05) is 6.07 Å². The summed E-state index contributed by atoms with van der Waals surface area (Å²) in [5, 5.41) is 17.8. The monoisotopic (exact) mass is 421 g/mol. The predicted octanol–water partition coefficient (Wildman–Crippen LogP) is 1.78. The first-order chi connectivity index (χ1) is 13.6. The number of nitro groups is 1. The Morgan fingerprint density at radius 2 is 1.90 bits per heavy atom. The third-order valence-corrected chi connectivity index (χ3v) is 7.30. The fourth-order valence-electron chi connectivity index (χ4n) is 3.61. The van der Waals surface area contributed by atoms with Gasteiger partial charge in [-0.15, -0.1) is 0 Å². The number of H-pyrrole nitrogens is 1. The van der Waals surface area contributed by atoms with Crippen LogP contribution in [0, 0.1) is 30.9 Å². The van der Waals surface area contributed by atoms with Gasteiger partial charge in [-0.3, -0.25) is 20.0 Å². The third-order valence-electron chi connectivity index (χ3n) is 5.13. The van der Waals surface area contributed by atoms with Gasteiger partial charge >= 0.3 is 0 Å². The van der Waals surface area contributed by atoms with E-state index in [1.807, 2.05) is 0 Å². The molecule has 2 heterocycles. The van der Waals surface area contributed by atoms with Crippen molar-refractivity contribution in [1.29, 1.82) is 0 Å². The van der Waals surface area contributed by atoms with Crippen LogP contribution in [0.15, 0.2) is 23.1 Å². The van der Waals surface area contributed by atoms with Gasteiger partial charge in [-0.25, -0.2) is 8.42 Å². The van der Waals surface area contributed by atoms with E-state index in [2.05, 4.69) is 10.2 Å². The molecule has 0 bridgehead atoms. The number of nitrogens with one attached hydrogen (secondary N) is 1. The molecule has 0 aliphatic carbocycles. The van der Waals surface area contributed by atoms with Crippen molar-refractivity contribution in [1.82, 2.24) is 19.4 Å². The Morgan fingerprint density at radius 1 is 1.17 bits per heavy atom. The minimum Gasteiger partial charge on any atom is -0.337 e. The number of carbonyl (C=O) groups excluding carboxylic acids is 1. The van der Waals surface area contributed by atoms with Crippen LogP contribution in [0.1, 0.15) is 33.7 Å². The second-order valence-electron chi connectivity index (χ2n) is 7.02. The van der Waals surface area contributed by atoms with Crippen molar-refractivity contribution >= 4 is 21.6 Å². The molecule has 0 radical (unpaired) electrons. The van der Waals surface area contributed by atoms with Crippen LogP contribution in [0.25, 0.3) is 0 Å². The van der Waals surface area contributed by atoms with E-state index in [0.717, 1.165) is 0 Å². The first-order valence-corrected chi connectivity index (χ1v) is 10.6. The first-order valence-electron chi connectivity index (χ1n) is 9.19. The molecule has 3 rings (SSSR count). The van der Waals surface area contributed by atoms with Crippen LogP contribution in [-0.4, -0.2) is 64.8 Å². The van der Waals surface area contributed by atoms with Gasteiger partial charge in [0.15, 0.2) is 0 Å². The zero-order valence-corrected chi connectivity index (χ0v) is 17.3. The van der Waals surface area contributed by atoms with E-state index >= 15 is 0 Å². The number of nitrogens with zero attached hydrogens (tertiary/aromatic N) is 4. The molecule has 0 atom stereocenters. The lowest BCUT2D eigenvalue weighted by atomic mass is 10.1. The summed E-state index contributed by atoms with van der Waals surface area (Å²) in [5.74, 6) is -0.332. The molecule has 0 saturated carbocycles. The Hall–Kier alpha value is -2.79. The molecule has 1 aromatic carbocycles. The zero-order valence-electron chi connectivity index (χ0n) is 16.5. The highest BCUT2D eigenvalue weighted by molar-refractivity contribution is 7.89. The second kappa shape index (κ2) is 7.91. The average molecular weight is 421 g/mol. The molecule has 1 saturated heterocycles. The Kier molecular flexibility index (Phi) is 5.71. The summed E-state index contributed by atoms with van der Waals surface area (Å²) in [5.41, 5.74) is 1.34. The summed E-state index contributed by atoms with van der Waals surface area (Å²) >= 11 is 0. The Labute approximate surface area is 168 Å². The molecule has 2 aromatic rings. The lowest BCUT2D eigenvalue weighted by Gasteiger charge is -2.22. The molecule has 29 heavy (non-hydrogen) atoms. The Morgan fingerprint density at radius 3 is 2.52 bits per heavy atom. The van der Waals surface area contributed by atoms with Gasteiger partial charge < -0.3 is 4.90 Å². The van der Waals surface area contributed by atoms with Gasteiger partial charge in [-0.05, 0) is 33.3 Å². The molecule has 11 heteroatoms. The smallest absolute Gasteiger partial charge is 0.273 e. The van der Waals surface area contributed by atoms with Crippen LogP contribution < -0.4 is 0 Å². The van der Waals surface area contributed by atoms with Crippen molar-refractivity contribution in [3.05, 3.63) is 50.8 Å². The SMILES string of the molecule is Cc1n[nH]c(C)c1S(=O)(=O)N1CCCN(C(=O)c2cccc([N+](=O)[O-])c2C)CC1. The summed E-state index contributed by atoms with van der Waals surface area (Å²) in [6.07, 6.45) is 0.467. The molecule has 1 aromatic heterocycles. The largest absolute Gasteiger partial charge is 0.337 e. The van der Waals surface area contributed by atoms with Gasteiger partial charge in [-0.2, -0.15) is 9.40 Å². The van der Waals surface area contributed by atoms with Crippen molar-refractivity contribution < 1.29 is 18.1 Å². The summed E-state index contributed by atoms with van der Waals surface area (Å²) in [6, 6.07) is 4.40. The van der Waals surface area contributed by atoms with Crippen molar-refractivity contribution in [3.8, 4) is 0 Å². The highest BCUT2D eigenvalue weighted by Gasteiger charge is 2.32.